The van der Waals surface area contributed by atoms with E-state index in [-0.39, 0.29) is 4.90 Å². The maximum absolute atomic E-state index is 12.3. The van der Waals surface area contributed by atoms with Crippen molar-refractivity contribution in [2.45, 2.75) is 18.4 Å². The van der Waals surface area contributed by atoms with Crippen molar-refractivity contribution in [3.05, 3.63) is 94.0 Å². The highest BCUT2D eigenvalue weighted by atomic mass is 79.9. The van der Waals surface area contributed by atoms with E-state index in [0.717, 1.165) is 15.6 Å². The summed E-state index contributed by atoms with van der Waals surface area (Å²) in [5, 5.41) is 3.89. The largest absolute Gasteiger partial charge is 0.488 e. The number of hydrogen-bond donors (Lipinski definition) is 1. The molecule has 7 heteroatoms. The van der Waals surface area contributed by atoms with E-state index in [4.69, 9.17) is 4.74 Å². The van der Waals surface area contributed by atoms with Gasteiger partial charge in [0.15, 0.2) is 0 Å². The van der Waals surface area contributed by atoms with Crippen LogP contribution in [-0.4, -0.2) is 14.6 Å². The minimum absolute atomic E-state index is 0.162. The first-order valence-electron chi connectivity index (χ1n) is 8.52. The highest BCUT2D eigenvalue weighted by molar-refractivity contribution is 9.10. The van der Waals surface area contributed by atoms with Gasteiger partial charge >= 0.3 is 0 Å². The molecule has 28 heavy (non-hydrogen) atoms. The summed E-state index contributed by atoms with van der Waals surface area (Å²) in [6.45, 7) is 2.28. The highest BCUT2D eigenvalue weighted by Crippen LogP contribution is 2.19. The van der Waals surface area contributed by atoms with Crippen molar-refractivity contribution in [1.82, 2.24) is 4.83 Å². The monoisotopic (exact) mass is 458 g/mol. The smallest absolute Gasteiger partial charge is 0.276 e. The van der Waals surface area contributed by atoms with Gasteiger partial charge in [-0.1, -0.05) is 57.9 Å². The number of benzene rings is 3. The van der Waals surface area contributed by atoms with Crippen LogP contribution in [0.3, 0.4) is 0 Å². The molecule has 0 amide bonds. The number of hydrogen-bond acceptors (Lipinski definition) is 4. The van der Waals surface area contributed by atoms with Gasteiger partial charge in [0.2, 0.25) is 0 Å². The molecule has 0 aliphatic rings. The van der Waals surface area contributed by atoms with Crippen molar-refractivity contribution in [3.63, 3.8) is 0 Å². The molecule has 144 valence electrons. The van der Waals surface area contributed by atoms with Crippen LogP contribution in [0.15, 0.2) is 87.3 Å². The average Bonchev–Trinajstić information content (AvgIpc) is 2.67. The lowest BCUT2D eigenvalue weighted by molar-refractivity contribution is 0.305. The zero-order valence-corrected chi connectivity index (χ0v) is 17.6. The van der Waals surface area contributed by atoms with Crippen molar-refractivity contribution in [2.24, 2.45) is 5.10 Å². The fraction of sp³-hybridized carbons (Fsp3) is 0.0952. The molecule has 0 aliphatic carbocycles. The Morgan fingerprint density at radius 1 is 1.04 bits per heavy atom. The summed E-state index contributed by atoms with van der Waals surface area (Å²) < 4.78 is 31.5. The van der Waals surface area contributed by atoms with Crippen LogP contribution < -0.4 is 9.57 Å². The van der Waals surface area contributed by atoms with Crippen LogP contribution in [-0.2, 0) is 16.6 Å². The lowest BCUT2D eigenvalue weighted by Crippen LogP contribution is -2.18. The molecule has 5 nitrogen and oxygen atoms in total. The van der Waals surface area contributed by atoms with E-state index in [0.29, 0.717) is 17.9 Å². The van der Waals surface area contributed by atoms with Crippen LogP contribution in [0.4, 0.5) is 0 Å². The Kier molecular flexibility index (Phi) is 6.49. The first-order chi connectivity index (χ1) is 13.4. The molecule has 3 aromatic carbocycles. The fourth-order valence-corrected chi connectivity index (χ4v) is 3.68. The second-order valence-corrected chi connectivity index (χ2v) is 8.70. The minimum Gasteiger partial charge on any atom is -0.488 e. The van der Waals surface area contributed by atoms with E-state index in [1.165, 1.54) is 6.21 Å². The van der Waals surface area contributed by atoms with Gasteiger partial charge in [0.05, 0.1) is 11.1 Å². The van der Waals surface area contributed by atoms with E-state index in [2.05, 4.69) is 25.9 Å². The zero-order chi connectivity index (χ0) is 20.0. The van der Waals surface area contributed by atoms with E-state index in [9.17, 15) is 8.42 Å². The zero-order valence-electron chi connectivity index (χ0n) is 15.2. The van der Waals surface area contributed by atoms with Crippen LogP contribution in [0.2, 0.25) is 0 Å². The standard InChI is InChI=1S/C21H19BrN2O3S/c1-16-9-11-20(12-10-16)28(25,26)24-23-14-18-6-2-3-8-21(18)27-15-17-5-4-7-19(22)13-17/h2-14,24H,15H2,1H3/b23-14-. The number of sulfonamides is 1. The SMILES string of the molecule is Cc1ccc(S(=O)(=O)N/N=C\c2ccccc2OCc2cccc(Br)c2)cc1. The molecular weight excluding hydrogens is 440 g/mol. The molecule has 0 bridgehead atoms. The third kappa shape index (κ3) is 5.43. The molecule has 0 radical (unpaired) electrons. The van der Waals surface area contributed by atoms with Crippen molar-refractivity contribution >= 4 is 32.2 Å². The second kappa shape index (κ2) is 9.03. The van der Waals surface area contributed by atoms with Crippen molar-refractivity contribution in [3.8, 4) is 5.75 Å². The summed E-state index contributed by atoms with van der Waals surface area (Å²) in [6.07, 6.45) is 1.43. The van der Waals surface area contributed by atoms with Crippen molar-refractivity contribution in [2.75, 3.05) is 0 Å². The summed E-state index contributed by atoms with van der Waals surface area (Å²) in [4.78, 5) is 2.39. The Balaban J connectivity index is 1.69. The molecule has 0 unspecified atom stereocenters. The van der Waals surface area contributed by atoms with Gasteiger partial charge in [0.25, 0.3) is 10.0 Å². The third-order valence-corrected chi connectivity index (χ3v) is 5.64. The van der Waals surface area contributed by atoms with Gasteiger partial charge in [-0.25, -0.2) is 4.83 Å². The molecule has 0 saturated carbocycles. The van der Waals surface area contributed by atoms with Crippen LogP contribution in [0, 0.1) is 6.92 Å². The number of rotatable bonds is 7. The van der Waals surface area contributed by atoms with Gasteiger partial charge in [0, 0.05) is 10.0 Å². The summed E-state index contributed by atoms with van der Waals surface area (Å²) in [7, 11) is -3.71. The summed E-state index contributed by atoms with van der Waals surface area (Å²) in [5.41, 5.74) is 2.67. The van der Waals surface area contributed by atoms with Gasteiger partial charge in [-0.05, 0) is 48.9 Å². The van der Waals surface area contributed by atoms with Crippen LogP contribution in [0.25, 0.3) is 0 Å². The van der Waals surface area contributed by atoms with E-state index in [1.54, 1.807) is 30.3 Å². The highest BCUT2D eigenvalue weighted by Gasteiger charge is 2.12. The summed E-state index contributed by atoms with van der Waals surface area (Å²) in [5.74, 6) is 0.612. The first-order valence-corrected chi connectivity index (χ1v) is 10.8. The maximum atomic E-state index is 12.3. The predicted octanol–water partition coefficient (Wildman–Crippen LogP) is 4.65. The van der Waals surface area contributed by atoms with Crippen molar-refractivity contribution < 1.29 is 13.2 Å². The number of nitrogens with zero attached hydrogens (tertiary/aromatic N) is 1. The molecule has 0 saturated heterocycles. The first kappa shape index (κ1) is 20.1. The number of ether oxygens (including phenoxy) is 1. The van der Waals surface area contributed by atoms with E-state index >= 15 is 0 Å². The molecule has 0 spiro atoms. The second-order valence-electron chi connectivity index (χ2n) is 6.12. The normalized spacial score (nSPS) is 11.5. The van der Waals surface area contributed by atoms with E-state index in [1.807, 2.05) is 49.4 Å². The van der Waals surface area contributed by atoms with Gasteiger partial charge < -0.3 is 4.74 Å². The van der Waals surface area contributed by atoms with Crippen molar-refractivity contribution in [1.29, 1.82) is 0 Å². The van der Waals surface area contributed by atoms with E-state index < -0.39 is 10.0 Å². The third-order valence-electron chi connectivity index (χ3n) is 3.91. The summed E-state index contributed by atoms with van der Waals surface area (Å²) >= 11 is 3.44. The van der Waals surface area contributed by atoms with Gasteiger partial charge in [-0.2, -0.15) is 13.5 Å². The Morgan fingerprint density at radius 3 is 2.54 bits per heavy atom. The lowest BCUT2D eigenvalue weighted by atomic mass is 10.2. The van der Waals surface area contributed by atoms with Gasteiger partial charge in [-0.3, -0.25) is 0 Å². The van der Waals surface area contributed by atoms with Crippen LogP contribution in [0.5, 0.6) is 5.75 Å². The quantitative estimate of drug-likeness (QED) is 0.413. The molecule has 3 rings (SSSR count). The maximum Gasteiger partial charge on any atom is 0.276 e. The molecule has 0 atom stereocenters. The van der Waals surface area contributed by atoms with Crippen LogP contribution >= 0.6 is 15.9 Å². The summed E-state index contributed by atoms with van der Waals surface area (Å²) in [6, 6.07) is 21.7. The van der Waals surface area contributed by atoms with Crippen LogP contribution in [0.1, 0.15) is 16.7 Å². The average molecular weight is 459 g/mol. The molecular formula is C21H19BrN2O3S. The number of hydrazone groups is 1. The number of nitrogens with one attached hydrogen (secondary N) is 1. The Hall–Kier alpha value is -2.64. The molecule has 1 N–H and O–H groups in total. The fourth-order valence-electron chi connectivity index (χ4n) is 2.44. The molecule has 0 fully saturated rings. The minimum atomic E-state index is -3.71. The molecule has 3 aromatic rings. The number of para-hydroxylation sites is 1. The number of aryl methyl sites for hydroxylation is 1. The molecule has 0 aliphatic heterocycles. The number of halogens is 1. The van der Waals surface area contributed by atoms with Gasteiger partial charge in [0.1, 0.15) is 12.4 Å². The lowest BCUT2D eigenvalue weighted by Gasteiger charge is -2.09. The predicted molar refractivity (Wildman–Crippen MR) is 114 cm³/mol. The Bertz CT molecular complexity index is 1080. The Labute approximate surface area is 173 Å². The topological polar surface area (TPSA) is 67.8 Å². The molecule has 0 heterocycles. The Morgan fingerprint density at radius 2 is 1.79 bits per heavy atom. The van der Waals surface area contributed by atoms with Gasteiger partial charge in [-0.15, -0.1) is 0 Å². The molecule has 0 aromatic heterocycles.